The van der Waals surface area contributed by atoms with Crippen LogP contribution in [-0.4, -0.2) is 21.8 Å². The molecular formula is C15H15NO3S. The highest BCUT2D eigenvalue weighted by atomic mass is 32.1. The maximum Gasteiger partial charge on any atom is 0.356 e. The number of carboxylic acid groups (broad SMARTS) is 1. The minimum Gasteiger partial charge on any atom is -0.476 e. The van der Waals surface area contributed by atoms with Crippen molar-refractivity contribution in [2.24, 2.45) is 0 Å². The number of rotatable bonds is 3. The van der Waals surface area contributed by atoms with Gasteiger partial charge in [-0.1, -0.05) is 17.7 Å². The van der Waals surface area contributed by atoms with Gasteiger partial charge in [0.1, 0.15) is 9.88 Å². The molecular weight excluding hydrogens is 274 g/mol. The van der Waals surface area contributed by atoms with Crippen molar-refractivity contribution in [2.75, 3.05) is 0 Å². The van der Waals surface area contributed by atoms with Gasteiger partial charge in [0.2, 0.25) is 0 Å². The van der Waals surface area contributed by atoms with Gasteiger partial charge in [-0.15, -0.1) is 11.3 Å². The predicted octanol–water partition coefficient (Wildman–Crippen LogP) is 3.64. The van der Waals surface area contributed by atoms with E-state index in [1.54, 1.807) is 0 Å². The Bertz CT molecular complexity index is 661. The minimum atomic E-state index is -1.17. The van der Waals surface area contributed by atoms with E-state index in [2.05, 4.69) is 4.98 Å². The average Bonchev–Trinajstić information content (AvgIpc) is 2.72. The lowest BCUT2D eigenvalue weighted by Gasteiger charge is -2.08. The number of carboxylic acids is 1. The number of hydrogen-bond acceptors (Lipinski definition) is 4. The van der Waals surface area contributed by atoms with Crippen LogP contribution in [0.2, 0.25) is 0 Å². The molecule has 2 rings (SSSR count). The Morgan fingerprint density at radius 1 is 1.15 bits per heavy atom. The number of thiazole rings is 1. The quantitative estimate of drug-likeness (QED) is 0.876. The van der Waals surface area contributed by atoms with Crippen LogP contribution in [0.5, 0.6) is 0 Å². The van der Waals surface area contributed by atoms with Crippen molar-refractivity contribution >= 4 is 23.1 Å². The van der Waals surface area contributed by atoms with Crippen molar-refractivity contribution in [1.29, 1.82) is 0 Å². The number of aromatic carboxylic acids is 1. The molecule has 0 radical (unpaired) electrons. The fourth-order valence-corrected chi connectivity index (χ4v) is 3.46. The van der Waals surface area contributed by atoms with Gasteiger partial charge in [0.15, 0.2) is 11.5 Å². The van der Waals surface area contributed by atoms with Gasteiger partial charge in [0.05, 0.1) is 0 Å². The van der Waals surface area contributed by atoms with Crippen LogP contribution in [0.3, 0.4) is 0 Å². The zero-order chi connectivity index (χ0) is 15.0. The SMILES string of the molecule is CC(=O)c1sc(-c2c(C)cc(C)cc2C)nc1C(=O)O. The maximum atomic E-state index is 11.5. The van der Waals surface area contributed by atoms with E-state index in [1.807, 2.05) is 32.9 Å². The summed E-state index contributed by atoms with van der Waals surface area (Å²) in [4.78, 5) is 27.1. The summed E-state index contributed by atoms with van der Waals surface area (Å²) < 4.78 is 0. The zero-order valence-corrected chi connectivity index (χ0v) is 12.6. The first-order valence-corrected chi connectivity index (χ1v) is 6.96. The largest absolute Gasteiger partial charge is 0.476 e. The monoisotopic (exact) mass is 289 g/mol. The summed E-state index contributed by atoms with van der Waals surface area (Å²) in [5.41, 5.74) is 3.96. The molecule has 2 aromatic rings. The molecule has 0 atom stereocenters. The number of ketones is 1. The summed E-state index contributed by atoms with van der Waals surface area (Å²) in [6.07, 6.45) is 0. The Hall–Kier alpha value is -2.01. The van der Waals surface area contributed by atoms with Crippen LogP contribution in [0.15, 0.2) is 12.1 Å². The predicted molar refractivity (Wildman–Crippen MR) is 78.7 cm³/mol. The van der Waals surface area contributed by atoms with Crippen molar-refractivity contribution < 1.29 is 14.7 Å². The van der Waals surface area contributed by atoms with Gasteiger partial charge in [0.25, 0.3) is 0 Å². The second-order valence-electron chi connectivity index (χ2n) is 4.83. The van der Waals surface area contributed by atoms with Gasteiger partial charge in [-0.2, -0.15) is 0 Å². The number of aryl methyl sites for hydroxylation is 3. The topological polar surface area (TPSA) is 67.3 Å². The molecule has 4 nitrogen and oxygen atoms in total. The van der Waals surface area contributed by atoms with E-state index in [4.69, 9.17) is 5.11 Å². The lowest BCUT2D eigenvalue weighted by atomic mass is 10.0. The highest BCUT2D eigenvalue weighted by molar-refractivity contribution is 7.17. The molecule has 0 saturated carbocycles. The first kappa shape index (κ1) is 14.4. The highest BCUT2D eigenvalue weighted by Gasteiger charge is 2.22. The Kier molecular flexibility index (Phi) is 3.72. The van der Waals surface area contributed by atoms with Crippen LogP contribution >= 0.6 is 11.3 Å². The number of aromatic nitrogens is 1. The van der Waals surface area contributed by atoms with E-state index in [9.17, 15) is 9.59 Å². The molecule has 5 heteroatoms. The van der Waals surface area contributed by atoms with E-state index < -0.39 is 5.97 Å². The number of carbonyl (C=O) groups excluding carboxylic acids is 1. The van der Waals surface area contributed by atoms with Crippen LogP contribution in [0, 0.1) is 20.8 Å². The average molecular weight is 289 g/mol. The van der Waals surface area contributed by atoms with Crippen molar-refractivity contribution in [2.45, 2.75) is 27.7 Å². The lowest BCUT2D eigenvalue weighted by Crippen LogP contribution is -2.03. The number of benzene rings is 1. The second-order valence-corrected chi connectivity index (χ2v) is 5.83. The smallest absolute Gasteiger partial charge is 0.356 e. The van der Waals surface area contributed by atoms with Gasteiger partial charge in [-0.05, 0) is 31.9 Å². The van der Waals surface area contributed by atoms with E-state index in [1.165, 1.54) is 6.92 Å². The van der Waals surface area contributed by atoms with Crippen LogP contribution in [-0.2, 0) is 0 Å². The van der Waals surface area contributed by atoms with Gasteiger partial charge < -0.3 is 5.11 Å². The molecule has 0 aliphatic carbocycles. The molecule has 0 aliphatic heterocycles. The molecule has 0 spiro atoms. The first-order chi connectivity index (χ1) is 9.31. The normalized spacial score (nSPS) is 10.6. The Labute approximate surface area is 121 Å². The number of hydrogen-bond donors (Lipinski definition) is 1. The summed E-state index contributed by atoms with van der Waals surface area (Å²) in [5.74, 6) is -1.44. The number of nitrogens with zero attached hydrogens (tertiary/aromatic N) is 1. The maximum absolute atomic E-state index is 11.5. The molecule has 0 fully saturated rings. The summed E-state index contributed by atoms with van der Waals surface area (Å²) in [6, 6.07) is 4.05. The summed E-state index contributed by atoms with van der Waals surface area (Å²) in [7, 11) is 0. The number of Topliss-reactive ketones (excluding diaryl/α,β-unsaturated/α-hetero) is 1. The fraction of sp³-hybridized carbons (Fsp3) is 0.267. The Morgan fingerprint density at radius 3 is 2.10 bits per heavy atom. The molecule has 0 aliphatic rings. The van der Waals surface area contributed by atoms with Gasteiger partial charge in [0, 0.05) is 12.5 Å². The van der Waals surface area contributed by atoms with Crippen molar-refractivity contribution in [1.82, 2.24) is 4.98 Å². The molecule has 1 aromatic carbocycles. The van der Waals surface area contributed by atoms with Gasteiger partial charge in [-0.25, -0.2) is 9.78 Å². The van der Waals surface area contributed by atoms with E-state index >= 15 is 0 Å². The van der Waals surface area contributed by atoms with Crippen molar-refractivity contribution in [3.63, 3.8) is 0 Å². The van der Waals surface area contributed by atoms with Crippen molar-refractivity contribution in [3.05, 3.63) is 39.4 Å². The third-order valence-corrected chi connectivity index (χ3v) is 4.21. The van der Waals surface area contributed by atoms with E-state index in [0.717, 1.165) is 33.6 Å². The number of carbonyl (C=O) groups is 2. The fourth-order valence-electron chi connectivity index (χ4n) is 2.33. The molecule has 1 N–H and O–H groups in total. The molecule has 1 aromatic heterocycles. The molecule has 0 amide bonds. The third-order valence-electron chi connectivity index (χ3n) is 3.04. The van der Waals surface area contributed by atoms with Crippen LogP contribution in [0.1, 0.15) is 43.8 Å². The lowest BCUT2D eigenvalue weighted by molar-refractivity contribution is 0.0687. The van der Waals surface area contributed by atoms with Gasteiger partial charge in [-0.3, -0.25) is 4.79 Å². The van der Waals surface area contributed by atoms with Crippen molar-refractivity contribution in [3.8, 4) is 10.6 Å². The highest BCUT2D eigenvalue weighted by Crippen LogP contribution is 2.33. The van der Waals surface area contributed by atoms with Crippen LogP contribution in [0.25, 0.3) is 10.6 Å². The standard InChI is InChI=1S/C15H15NO3S/c1-7-5-8(2)11(9(3)6-7)14-16-12(15(18)19)13(20-14)10(4)17/h5-6H,1-4H3,(H,18,19). The first-order valence-electron chi connectivity index (χ1n) is 6.14. The molecule has 1 heterocycles. The van der Waals surface area contributed by atoms with E-state index in [0.29, 0.717) is 5.01 Å². The van der Waals surface area contributed by atoms with E-state index in [-0.39, 0.29) is 16.4 Å². The second kappa shape index (κ2) is 5.17. The molecule has 0 unspecified atom stereocenters. The molecule has 0 saturated heterocycles. The molecule has 0 bridgehead atoms. The Balaban J connectivity index is 2.69. The summed E-state index contributed by atoms with van der Waals surface area (Å²) >= 11 is 1.14. The minimum absolute atomic E-state index is 0.156. The summed E-state index contributed by atoms with van der Waals surface area (Å²) in [5, 5.41) is 9.74. The van der Waals surface area contributed by atoms with Crippen LogP contribution < -0.4 is 0 Å². The molecule has 104 valence electrons. The Morgan fingerprint density at radius 2 is 1.70 bits per heavy atom. The third kappa shape index (κ3) is 2.49. The molecule has 20 heavy (non-hydrogen) atoms. The van der Waals surface area contributed by atoms with Gasteiger partial charge >= 0.3 is 5.97 Å². The zero-order valence-electron chi connectivity index (χ0n) is 11.8. The summed E-state index contributed by atoms with van der Waals surface area (Å²) in [6.45, 7) is 7.29. The van der Waals surface area contributed by atoms with Crippen LogP contribution in [0.4, 0.5) is 0 Å².